The van der Waals surface area contributed by atoms with E-state index in [1.54, 1.807) is 0 Å². The molecule has 4 nitrogen and oxygen atoms in total. The van der Waals surface area contributed by atoms with E-state index in [0.717, 1.165) is 12.3 Å². The Kier molecular flexibility index (Phi) is 2.54. The molecule has 0 saturated carbocycles. The van der Waals surface area contributed by atoms with Crippen molar-refractivity contribution in [3.05, 3.63) is 22.2 Å². The molecule has 0 unspecified atom stereocenters. The first-order valence-electron chi connectivity index (χ1n) is 3.04. The number of benzene rings is 1. The highest BCUT2D eigenvalue weighted by Gasteiger charge is 2.05. The molecule has 64 valence electrons. The van der Waals surface area contributed by atoms with E-state index in [9.17, 15) is 5.11 Å². The van der Waals surface area contributed by atoms with Gasteiger partial charge in [0.25, 0.3) is 0 Å². The number of rotatable bonds is 1. The van der Waals surface area contributed by atoms with Gasteiger partial charge in [0.2, 0.25) is 0 Å². The highest BCUT2D eigenvalue weighted by atomic mass is 79.9. The van der Waals surface area contributed by atoms with Crippen LogP contribution in [-0.2, 0) is 0 Å². The normalized spacial score (nSPS) is 10.8. The van der Waals surface area contributed by atoms with Crippen molar-refractivity contribution in [3.8, 4) is 11.5 Å². The average molecular weight is 232 g/mol. The summed E-state index contributed by atoms with van der Waals surface area (Å²) in [5, 5.41) is 29.2. The lowest BCUT2D eigenvalue weighted by Crippen LogP contribution is -1.84. The number of phenolic OH excluding ortho intramolecular Hbond substituents is 2. The summed E-state index contributed by atoms with van der Waals surface area (Å²) in [6, 6.07) is 2.54. The van der Waals surface area contributed by atoms with Crippen LogP contribution in [0.4, 0.5) is 0 Å². The number of nitrogens with zero attached hydrogens (tertiary/aromatic N) is 1. The van der Waals surface area contributed by atoms with E-state index in [0.29, 0.717) is 10.0 Å². The Labute approximate surface area is 76.9 Å². The summed E-state index contributed by atoms with van der Waals surface area (Å²) in [5.74, 6) is -0.214. The van der Waals surface area contributed by atoms with Gasteiger partial charge in [-0.25, -0.2) is 0 Å². The molecule has 0 spiro atoms. The van der Waals surface area contributed by atoms with E-state index in [-0.39, 0.29) is 11.5 Å². The lowest BCUT2D eigenvalue weighted by Gasteiger charge is -2.01. The molecule has 1 rings (SSSR count). The highest BCUT2D eigenvalue weighted by molar-refractivity contribution is 9.10. The smallest absolute Gasteiger partial charge is 0.129 e. The van der Waals surface area contributed by atoms with Crippen molar-refractivity contribution >= 4 is 22.1 Å². The second kappa shape index (κ2) is 3.44. The van der Waals surface area contributed by atoms with Gasteiger partial charge in [0.1, 0.15) is 11.5 Å². The van der Waals surface area contributed by atoms with Crippen LogP contribution in [0.5, 0.6) is 11.5 Å². The minimum absolute atomic E-state index is 0.0607. The van der Waals surface area contributed by atoms with Crippen LogP contribution in [0.15, 0.2) is 21.8 Å². The second-order valence-electron chi connectivity index (χ2n) is 2.10. The zero-order valence-corrected chi connectivity index (χ0v) is 7.48. The highest BCUT2D eigenvalue weighted by Crippen LogP contribution is 2.29. The summed E-state index contributed by atoms with van der Waals surface area (Å²) >= 11 is 3.08. The monoisotopic (exact) mass is 231 g/mol. The number of halogens is 1. The van der Waals surface area contributed by atoms with E-state index in [1.165, 1.54) is 6.07 Å². The maximum Gasteiger partial charge on any atom is 0.129 e. The van der Waals surface area contributed by atoms with Crippen LogP contribution >= 0.6 is 15.9 Å². The molecule has 0 aliphatic carbocycles. The molecule has 0 aliphatic rings. The molecule has 1 aromatic rings. The third kappa shape index (κ3) is 1.68. The molecule has 0 atom stereocenters. The van der Waals surface area contributed by atoms with Crippen molar-refractivity contribution in [2.75, 3.05) is 0 Å². The number of aromatic hydroxyl groups is 2. The minimum Gasteiger partial charge on any atom is -0.508 e. The standard InChI is InChI=1S/C7H6BrNO3/c8-6-1-4(10)2-7(11)5(6)3-9-12/h1-3,10-12H. The number of oxime groups is 1. The molecule has 0 radical (unpaired) electrons. The van der Waals surface area contributed by atoms with Crippen LogP contribution in [0.1, 0.15) is 5.56 Å². The topological polar surface area (TPSA) is 73.1 Å². The van der Waals surface area contributed by atoms with Gasteiger partial charge in [0, 0.05) is 10.5 Å². The molecular weight excluding hydrogens is 226 g/mol. The molecule has 1 aromatic carbocycles. The zero-order chi connectivity index (χ0) is 9.14. The van der Waals surface area contributed by atoms with Gasteiger partial charge in [-0.1, -0.05) is 5.16 Å². The van der Waals surface area contributed by atoms with Gasteiger partial charge in [0.15, 0.2) is 0 Å². The lowest BCUT2D eigenvalue weighted by molar-refractivity contribution is 0.321. The summed E-state index contributed by atoms with van der Waals surface area (Å²) in [6.45, 7) is 0. The number of hydrogen-bond donors (Lipinski definition) is 3. The Morgan fingerprint density at radius 1 is 1.33 bits per heavy atom. The van der Waals surface area contributed by atoms with Crippen LogP contribution in [0.2, 0.25) is 0 Å². The molecule has 3 N–H and O–H groups in total. The van der Waals surface area contributed by atoms with E-state index in [2.05, 4.69) is 21.1 Å². The van der Waals surface area contributed by atoms with Gasteiger partial charge in [-0.2, -0.15) is 0 Å². The first-order valence-corrected chi connectivity index (χ1v) is 3.83. The molecule has 0 aliphatic heterocycles. The van der Waals surface area contributed by atoms with Crippen LogP contribution in [0, 0.1) is 0 Å². The molecule has 0 heterocycles. The Morgan fingerprint density at radius 2 is 2.00 bits per heavy atom. The first-order chi connectivity index (χ1) is 5.65. The fourth-order valence-electron chi connectivity index (χ4n) is 0.775. The fourth-order valence-corrected chi connectivity index (χ4v) is 1.32. The third-order valence-corrected chi connectivity index (χ3v) is 1.94. The molecule has 0 fully saturated rings. The molecule has 5 heteroatoms. The van der Waals surface area contributed by atoms with Crippen molar-refractivity contribution in [1.82, 2.24) is 0 Å². The molecule has 0 saturated heterocycles. The number of phenols is 2. The quantitative estimate of drug-likeness (QED) is 0.391. The van der Waals surface area contributed by atoms with E-state index in [4.69, 9.17) is 10.3 Å². The predicted molar refractivity (Wildman–Crippen MR) is 46.9 cm³/mol. The van der Waals surface area contributed by atoms with Crippen molar-refractivity contribution in [1.29, 1.82) is 0 Å². The Morgan fingerprint density at radius 3 is 2.50 bits per heavy atom. The molecule has 12 heavy (non-hydrogen) atoms. The maximum absolute atomic E-state index is 9.21. The summed E-state index contributed by atoms with van der Waals surface area (Å²) in [5.41, 5.74) is 0.315. The van der Waals surface area contributed by atoms with Gasteiger partial charge < -0.3 is 15.4 Å². The maximum atomic E-state index is 9.21. The van der Waals surface area contributed by atoms with E-state index < -0.39 is 0 Å². The largest absolute Gasteiger partial charge is 0.508 e. The van der Waals surface area contributed by atoms with Gasteiger partial charge in [-0.05, 0) is 22.0 Å². The van der Waals surface area contributed by atoms with Crippen molar-refractivity contribution < 1.29 is 15.4 Å². The summed E-state index contributed by atoms with van der Waals surface area (Å²) in [7, 11) is 0. The predicted octanol–water partition coefficient (Wildman–Crippen LogP) is 1.67. The van der Waals surface area contributed by atoms with E-state index >= 15 is 0 Å². The second-order valence-corrected chi connectivity index (χ2v) is 2.96. The summed E-state index contributed by atoms with van der Waals surface area (Å²) in [6.07, 6.45) is 1.07. The lowest BCUT2D eigenvalue weighted by atomic mass is 10.2. The Balaban J connectivity index is 3.28. The van der Waals surface area contributed by atoms with Crippen molar-refractivity contribution in [2.45, 2.75) is 0 Å². The molecule has 0 amide bonds. The third-order valence-electron chi connectivity index (χ3n) is 1.28. The summed E-state index contributed by atoms with van der Waals surface area (Å²) < 4.78 is 0.456. The first kappa shape index (κ1) is 8.86. The Bertz CT molecular complexity index is 301. The molecule has 0 aromatic heterocycles. The van der Waals surface area contributed by atoms with Crippen molar-refractivity contribution in [2.24, 2.45) is 5.16 Å². The zero-order valence-electron chi connectivity index (χ0n) is 5.90. The van der Waals surface area contributed by atoms with Gasteiger partial charge >= 0.3 is 0 Å². The van der Waals surface area contributed by atoms with Crippen molar-refractivity contribution in [3.63, 3.8) is 0 Å². The van der Waals surface area contributed by atoms with Crippen LogP contribution in [-0.4, -0.2) is 21.6 Å². The van der Waals surface area contributed by atoms with Crippen LogP contribution in [0.25, 0.3) is 0 Å². The van der Waals surface area contributed by atoms with Gasteiger partial charge in [-0.15, -0.1) is 0 Å². The number of hydrogen-bond acceptors (Lipinski definition) is 4. The minimum atomic E-state index is -0.153. The fraction of sp³-hybridized carbons (Fsp3) is 0. The van der Waals surface area contributed by atoms with Crippen LogP contribution < -0.4 is 0 Å². The van der Waals surface area contributed by atoms with Gasteiger partial charge in [-0.3, -0.25) is 0 Å². The van der Waals surface area contributed by atoms with Gasteiger partial charge in [0.05, 0.1) is 11.8 Å². The summed E-state index contributed by atoms with van der Waals surface area (Å²) in [4.78, 5) is 0. The van der Waals surface area contributed by atoms with E-state index in [1.807, 2.05) is 0 Å². The van der Waals surface area contributed by atoms with Crippen LogP contribution in [0.3, 0.4) is 0 Å². The molecule has 0 bridgehead atoms. The average Bonchev–Trinajstić information content (AvgIpc) is 1.96. The molecular formula is C7H6BrNO3. The Hall–Kier alpha value is -1.23. The SMILES string of the molecule is ON=Cc1c(O)cc(O)cc1Br.